The number of methoxy groups -OCH3 is 2. The summed E-state index contributed by atoms with van der Waals surface area (Å²) in [4.78, 5) is 0. The summed E-state index contributed by atoms with van der Waals surface area (Å²) in [5, 5.41) is 49.5. The molecule has 2 rings (SSSR count). The highest BCUT2D eigenvalue weighted by Crippen LogP contribution is 2.36. The van der Waals surface area contributed by atoms with Gasteiger partial charge in [0.1, 0.15) is 0 Å². The van der Waals surface area contributed by atoms with E-state index in [1.807, 2.05) is 6.07 Å². The summed E-state index contributed by atoms with van der Waals surface area (Å²) < 4.78 is 10.00. The molecule has 0 radical (unpaired) electrons. The van der Waals surface area contributed by atoms with Crippen molar-refractivity contribution in [3.8, 4) is 28.7 Å². The number of aliphatic hydroxyl groups is 2. The van der Waals surface area contributed by atoms with Gasteiger partial charge in [0.2, 0.25) is 5.75 Å². The Morgan fingerprint density at radius 3 is 1.89 bits per heavy atom. The predicted octanol–water partition coefficient (Wildman–Crippen LogP) is 2.50. The first-order valence-electron chi connectivity index (χ1n) is 9.14. The smallest absolute Gasteiger partial charge is 0.200 e. The van der Waals surface area contributed by atoms with Gasteiger partial charge in [-0.3, -0.25) is 0 Å². The Hall–Kier alpha value is -2.64. The minimum atomic E-state index is -0.707. The van der Waals surface area contributed by atoms with Crippen LogP contribution >= 0.6 is 0 Å². The van der Waals surface area contributed by atoms with E-state index in [4.69, 9.17) is 9.47 Å². The topological polar surface area (TPSA) is 120 Å². The Balaban J connectivity index is 1.80. The molecule has 0 aliphatic heterocycles. The van der Waals surface area contributed by atoms with Crippen LogP contribution in [-0.4, -0.2) is 52.0 Å². The van der Waals surface area contributed by atoms with Crippen molar-refractivity contribution in [3.63, 3.8) is 0 Å². The van der Waals surface area contributed by atoms with Crippen molar-refractivity contribution in [2.24, 2.45) is 0 Å². The Morgan fingerprint density at radius 1 is 0.750 bits per heavy atom. The summed E-state index contributed by atoms with van der Waals surface area (Å²) in [5.41, 5.74) is 1.59. The van der Waals surface area contributed by atoms with Gasteiger partial charge in [0, 0.05) is 0 Å². The molecule has 0 amide bonds. The van der Waals surface area contributed by atoms with Crippen LogP contribution in [0.2, 0.25) is 0 Å². The first kappa shape index (κ1) is 21.7. The summed E-state index contributed by atoms with van der Waals surface area (Å²) in [5.74, 6) is 0.0457. The Bertz CT molecular complexity index is 776. The van der Waals surface area contributed by atoms with Crippen LogP contribution < -0.4 is 9.47 Å². The molecule has 0 saturated carbocycles. The number of aliphatic hydroxyl groups excluding tert-OH is 2. The van der Waals surface area contributed by atoms with Gasteiger partial charge in [-0.25, -0.2) is 0 Å². The van der Waals surface area contributed by atoms with Gasteiger partial charge in [0.05, 0.1) is 26.4 Å². The number of hydrogen-bond acceptors (Lipinski definition) is 7. The van der Waals surface area contributed by atoms with E-state index in [0.29, 0.717) is 31.4 Å². The number of ether oxygens (including phenoxy) is 2. The van der Waals surface area contributed by atoms with Gasteiger partial charge in [-0.15, -0.1) is 0 Å². The number of phenolic OH excluding ortho intramolecular Hbond substituents is 3. The first-order chi connectivity index (χ1) is 13.3. The fourth-order valence-corrected chi connectivity index (χ4v) is 3.06. The summed E-state index contributed by atoms with van der Waals surface area (Å²) in [7, 11) is 2.88. The highest BCUT2D eigenvalue weighted by atomic mass is 16.5. The lowest BCUT2D eigenvalue weighted by atomic mass is 9.98. The molecule has 0 spiro atoms. The van der Waals surface area contributed by atoms with E-state index in [9.17, 15) is 25.5 Å². The maximum absolute atomic E-state index is 10.2. The number of phenols is 3. The van der Waals surface area contributed by atoms with Crippen molar-refractivity contribution in [2.45, 2.75) is 44.3 Å². The first-order valence-corrected chi connectivity index (χ1v) is 9.14. The van der Waals surface area contributed by atoms with Crippen LogP contribution in [0.15, 0.2) is 30.3 Å². The van der Waals surface area contributed by atoms with Crippen LogP contribution in [0.4, 0.5) is 0 Å². The van der Waals surface area contributed by atoms with E-state index >= 15 is 0 Å². The third-order valence-electron chi connectivity index (χ3n) is 4.65. The molecule has 0 fully saturated rings. The van der Waals surface area contributed by atoms with Crippen LogP contribution in [0.5, 0.6) is 28.7 Å². The van der Waals surface area contributed by atoms with Crippen molar-refractivity contribution < 1.29 is 35.0 Å². The van der Waals surface area contributed by atoms with E-state index in [1.165, 1.54) is 20.3 Å². The summed E-state index contributed by atoms with van der Waals surface area (Å²) >= 11 is 0. The van der Waals surface area contributed by atoms with Gasteiger partial charge in [0.25, 0.3) is 0 Å². The number of rotatable bonds is 10. The minimum Gasteiger partial charge on any atom is -0.504 e. The lowest BCUT2D eigenvalue weighted by Gasteiger charge is -2.16. The molecule has 0 saturated heterocycles. The molecule has 5 N–H and O–H groups in total. The Morgan fingerprint density at radius 2 is 1.32 bits per heavy atom. The van der Waals surface area contributed by atoms with Gasteiger partial charge in [-0.1, -0.05) is 6.07 Å². The van der Waals surface area contributed by atoms with Crippen molar-refractivity contribution in [2.75, 3.05) is 14.2 Å². The molecule has 28 heavy (non-hydrogen) atoms. The number of aryl methyl sites for hydroxylation is 2. The van der Waals surface area contributed by atoms with Crippen LogP contribution in [0.3, 0.4) is 0 Å². The highest BCUT2D eigenvalue weighted by molar-refractivity contribution is 5.51. The second-order valence-corrected chi connectivity index (χ2v) is 6.79. The zero-order valence-corrected chi connectivity index (χ0v) is 16.1. The van der Waals surface area contributed by atoms with Crippen LogP contribution in [0.25, 0.3) is 0 Å². The molecule has 0 heterocycles. The van der Waals surface area contributed by atoms with Gasteiger partial charge in [-0.2, -0.15) is 0 Å². The average Bonchev–Trinajstić information content (AvgIpc) is 2.67. The van der Waals surface area contributed by atoms with E-state index in [-0.39, 0.29) is 29.4 Å². The molecule has 2 atom stereocenters. The van der Waals surface area contributed by atoms with Crippen molar-refractivity contribution >= 4 is 0 Å². The zero-order chi connectivity index (χ0) is 20.7. The standard InChI is InChI=1S/C21H28O7/c1-27-19-8-5-13(9-17(19)24)3-6-15(22)12-16(23)7-4-14-10-18(25)21(26)20(11-14)28-2/h5,8-11,15-16,22-26H,3-4,6-7,12H2,1-2H3. The predicted molar refractivity (Wildman–Crippen MR) is 104 cm³/mol. The molecule has 0 aliphatic rings. The lowest BCUT2D eigenvalue weighted by molar-refractivity contribution is 0.0714. The van der Waals surface area contributed by atoms with E-state index in [2.05, 4.69) is 0 Å². The van der Waals surface area contributed by atoms with Crippen LogP contribution in [0, 0.1) is 0 Å². The normalized spacial score (nSPS) is 13.1. The molecule has 0 aliphatic carbocycles. The SMILES string of the molecule is COc1ccc(CCC(O)CC(O)CCc2cc(O)c(O)c(OC)c2)cc1O. The maximum Gasteiger partial charge on any atom is 0.200 e. The molecular weight excluding hydrogens is 364 g/mol. The van der Waals surface area contributed by atoms with Gasteiger partial charge >= 0.3 is 0 Å². The van der Waals surface area contributed by atoms with Gasteiger partial charge in [0.15, 0.2) is 23.0 Å². The molecule has 2 unspecified atom stereocenters. The molecule has 2 aromatic rings. The lowest BCUT2D eigenvalue weighted by Crippen LogP contribution is -2.19. The number of aromatic hydroxyl groups is 3. The quantitative estimate of drug-likeness (QED) is 0.394. The minimum absolute atomic E-state index is 0.0575. The third kappa shape index (κ3) is 5.94. The van der Waals surface area contributed by atoms with Crippen molar-refractivity contribution in [3.05, 3.63) is 41.5 Å². The highest BCUT2D eigenvalue weighted by Gasteiger charge is 2.15. The van der Waals surface area contributed by atoms with Crippen molar-refractivity contribution in [1.82, 2.24) is 0 Å². The van der Waals surface area contributed by atoms with E-state index in [0.717, 1.165) is 11.1 Å². The molecule has 0 aromatic heterocycles. The van der Waals surface area contributed by atoms with E-state index < -0.39 is 12.2 Å². The summed E-state index contributed by atoms with van der Waals surface area (Å²) in [6, 6.07) is 8.14. The summed E-state index contributed by atoms with van der Waals surface area (Å²) in [6.45, 7) is 0. The second-order valence-electron chi connectivity index (χ2n) is 6.79. The number of hydrogen-bond donors (Lipinski definition) is 5. The van der Waals surface area contributed by atoms with Gasteiger partial charge < -0.3 is 35.0 Å². The fourth-order valence-electron chi connectivity index (χ4n) is 3.06. The molecule has 2 aromatic carbocycles. The Labute approximate surface area is 164 Å². The largest absolute Gasteiger partial charge is 0.504 e. The molecule has 7 nitrogen and oxygen atoms in total. The molecule has 154 valence electrons. The monoisotopic (exact) mass is 392 g/mol. The van der Waals surface area contributed by atoms with Gasteiger partial charge in [-0.05, 0) is 67.5 Å². The molecule has 7 heteroatoms. The van der Waals surface area contributed by atoms with Crippen LogP contribution in [-0.2, 0) is 12.8 Å². The molecular formula is C21H28O7. The fraction of sp³-hybridized carbons (Fsp3) is 0.429. The maximum atomic E-state index is 10.2. The van der Waals surface area contributed by atoms with E-state index in [1.54, 1.807) is 18.2 Å². The Kier molecular flexibility index (Phi) is 7.78. The third-order valence-corrected chi connectivity index (χ3v) is 4.65. The van der Waals surface area contributed by atoms with Crippen LogP contribution in [0.1, 0.15) is 30.4 Å². The van der Waals surface area contributed by atoms with Crippen molar-refractivity contribution in [1.29, 1.82) is 0 Å². The summed E-state index contributed by atoms with van der Waals surface area (Å²) in [6.07, 6.45) is 0.718. The molecule has 0 bridgehead atoms. The number of benzene rings is 2. The second kappa shape index (κ2) is 10.1. The average molecular weight is 392 g/mol. The zero-order valence-electron chi connectivity index (χ0n) is 16.1.